The summed E-state index contributed by atoms with van der Waals surface area (Å²) in [6.07, 6.45) is 0. The Morgan fingerprint density at radius 3 is 2.27 bits per heavy atom. The molecule has 166 valence electrons. The Labute approximate surface area is 192 Å². The van der Waals surface area contributed by atoms with Crippen molar-refractivity contribution in [2.45, 2.75) is 26.6 Å². The van der Waals surface area contributed by atoms with Gasteiger partial charge in [-0.25, -0.2) is 4.68 Å². The van der Waals surface area contributed by atoms with Gasteiger partial charge < -0.3 is 10.1 Å². The van der Waals surface area contributed by atoms with Gasteiger partial charge in [-0.2, -0.15) is 5.10 Å². The van der Waals surface area contributed by atoms with Crippen LogP contribution in [0.25, 0.3) is 0 Å². The van der Waals surface area contributed by atoms with Crippen LogP contribution in [0.15, 0.2) is 95.8 Å². The quantitative estimate of drug-likeness (QED) is 0.448. The van der Waals surface area contributed by atoms with E-state index in [1.54, 1.807) is 0 Å². The van der Waals surface area contributed by atoms with Gasteiger partial charge in [0.2, 0.25) is 0 Å². The third-order valence-corrected chi connectivity index (χ3v) is 5.18. The molecule has 1 amide bonds. The van der Waals surface area contributed by atoms with Gasteiger partial charge in [0.1, 0.15) is 18.1 Å². The molecule has 4 rings (SSSR count). The summed E-state index contributed by atoms with van der Waals surface area (Å²) in [6, 6.07) is 28.2. The molecule has 0 aliphatic carbocycles. The average molecular weight is 440 g/mol. The lowest BCUT2D eigenvalue weighted by Gasteiger charge is -2.09. The van der Waals surface area contributed by atoms with E-state index in [9.17, 15) is 9.59 Å². The van der Waals surface area contributed by atoms with E-state index in [1.807, 2.05) is 85.8 Å². The summed E-state index contributed by atoms with van der Waals surface area (Å²) in [4.78, 5) is 24.8. The van der Waals surface area contributed by atoms with Gasteiger partial charge in [0.25, 0.3) is 11.5 Å². The van der Waals surface area contributed by atoms with Gasteiger partial charge in [-0.3, -0.25) is 9.59 Å². The monoisotopic (exact) mass is 439 g/mol. The van der Waals surface area contributed by atoms with Gasteiger partial charge >= 0.3 is 0 Å². The van der Waals surface area contributed by atoms with Crippen molar-refractivity contribution < 1.29 is 9.53 Å². The molecular weight excluding hydrogens is 414 g/mol. The van der Waals surface area contributed by atoms with E-state index in [4.69, 9.17) is 4.74 Å². The fourth-order valence-electron chi connectivity index (χ4n) is 3.27. The molecular formula is C27H25N3O3. The number of hydrogen-bond donors (Lipinski definition) is 1. The highest BCUT2D eigenvalue weighted by Crippen LogP contribution is 2.14. The van der Waals surface area contributed by atoms with Crippen LogP contribution in [0, 0.1) is 6.92 Å². The zero-order valence-corrected chi connectivity index (χ0v) is 18.4. The zero-order chi connectivity index (χ0) is 23.0. The number of carbonyl (C=O) groups excluding carboxylic acids is 1. The summed E-state index contributed by atoms with van der Waals surface area (Å²) >= 11 is 0. The normalized spacial score (nSPS) is 10.6. The molecule has 1 N–H and O–H groups in total. The molecule has 0 bridgehead atoms. The second kappa shape index (κ2) is 10.4. The molecule has 1 heterocycles. The van der Waals surface area contributed by atoms with Gasteiger partial charge in [0.15, 0.2) is 0 Å². The van der Waals surface area contributed by atoms with Crippen molar-refractivity contribution in [3.8, 4) is 5.75 Å². The first-order valence-corrected chi connectivity index (χ1v) is 10.7. The molecule has 0 aliphatic heterocycles. The molecule has 0 fully saturated rings. The standard InChI is InChI=1S/C27H25N3O3/c1-20-7-9-22(10-8-20)18-30-26(31)16-15-25(29-30)27(32)28-17-21-11-13-24(14-12-21)33-19-23-5-3-2-4-6-23/h2-16H,17-19H2,1H3,(H,28,32). The van der Waals surface area contributed by atoms with Crippen molar-refractivity contribution in [3.63, 3.8) is 0 Å². The molecule has 0 atom stereocenters. The van der Waals surface area contributed by atoms with E-state index < -0.39 is 0 Å². The summed E-state index contributed by atoms with van der Waals surface area (Å²) in [5, 5.41) is 7.09. The lowest BCUT2D eigenvalue weighted by atomic mass is 10.1. The van der Waals surface area contributed by atoms with Gasteiger partial charge in [0.05, 0.1) is 6.54 Å². The number of rotatable bonds is 8. The Hall–Kier alpha value is -4.19. The number of aryl methyl sites for hydroxylation is 1. The van der Waals surface area contributed by atoms with Crippen molar-refractivity contribution in [2.75, 3.05) is 0 Å². The number of ether oxygens (including phenoxy) is 1. The molecule has 0 saturated heterocycles. The van der Waals surface area contributed by atoms with E-state index in [0.29, 0.717) is 19.7 Å². The van der Waals surface area contributed by atoms with Gasteiger partial charge in [0, 0.05) is 12.6 Å². The van der Waals surface area contributed by atoms with Gasteiger partial charge in [-0.15, -0.1) is 0 Å². The molecule has 6 nitrogen and oxygen atoms in total. The van der Waals surface area contributed by atoms with Crippen molar-refractivity contribution in [1.29, 1.82) is 0 Å². The fourth-order valence-corrected chi connectivity index (χ4v) is 3.27. The van der Waals surface area contributed by atoms with E-state index in [1.165, 1.54) is 16.8 Å². The molecule has 1 aromatic heterocycles. The maximum Gasteiger partial charge on any atom is 0.271 e. The fraction of sp³-hybridized carbons (Fsp3) is 0.148. The van der Waals surface area contributed by atoms with Crippen molar-refractivity contribution in [3.05, 3.63) is 129 Å². The number of benzene rings is 3. The first-order chi connectivity index (χ1) is 16.1. The number of aromatic nitrogens is 2. The molecule has 3 aromatic carbocycles. The minimum absolute atomic E-state index is 0.199. The van der Waals surface area contributed by atoms with E-state index in [0.717, 1.165) is 28.0 Å². The number of carbonyl (C=O) groups is 1. The third-order valence-electron chi connectivity index (χ3n) is 5.18. The van der Waals surface area contributed by atoms with E-state index in [2.05, 4.69) is 10.4 Å². The van der Waals surface area contributed by atoms with Crippen LogP contribution in [0.2, 0.25) is 0 Å². The Morgan fingerprint density at radius 2 is 1.55 bits per heavy atom. The number of nitrogens with zero attached hydrogens (tertiary/aromatic N) is 2. The van der Waals surface area contributed by atoms with Crippen LogP contribution in [0.4, 0.5) is 0 Å². The molecule has 0 saturated carbocycles. The van der Waals surface area contributed by atoms with Crippen LogP contribution in [0.1, 0.15) is 32.7 Å². The third kappa shape index (κ3) is 6.17. The summed E-state index contributed by atoms with van der Waals surface area (Å²) in [7, 11) is 0. The maximum absolute atomic E-state index is 12.6. The number of nitrogens with one attached hydrogen (secondary N) is 1. The first kappa shape index (κ1) is 22.0. The second-order valence-electron chi connectivity index (χ2n) is 7.80. The summed E-state index contributed by atoms with van der Waals surface area (Å²) in [5.41, 5.74) is 4.07. The topological polar surface area (TPSA) is 73.2 Å². The highest BCUT2D eigenvalue weighted by molar-refractivity contribution is 5.91. The van der Waals surface area contributed by atoms with Crippen LogP contribution in [-0.4, -0.2) is 15.7 Å². The van der Waals surface area contributed by atoms with Gasteiger partial charge in [-0.05, 0) is 41.8 Å². The lowest BCUT2D eigenvalue weighted by molar-refractivity contribution is 0.0943. The molecule has 33 heavy (non-hydrogen) atoms. The summed E-state index contributed by atoms with van der Waals surface area (Å²) < 4.78 is 7.10. The first-order valence-electron chi connectivity index (χ1n) is 10.7. The maximum atomic E-state index is 12.6. The molecule has 0 radical (unpaired) electrons. The second-order valence-corrected chi connectivity index (χ2v) is 7.80. The lowest BCUT2D eigenvalue weighted by Crippen LogP contribution is -2.29. The van der Waals surface area contributed by atoms with Crippen molar-refractivity contribution in [2.24, 2.45) is 0 Å². The van der Waals surface area contributed by atoms with Crippen LogP contribution in [0.5, 0.6) is 5.75 Å². The Kier molecular flexibility index (Phi) is 6.95. The predicted octanol–water partition coefficient (Wildman–Crippen LogP) is 4.11. The number of hydrogen-bond acceptors (Lipinski definition) is 4. The van der Waals surface area contributed by atoms with E-state index >= 15 is 0 Å². The van der Waals surface area contributed by atoms with Crippen LogP contribution in [-0.2, 0) is 19.7 Å². The van der Waals surface area contributed by atoms with Gasteiger partial charge in [-0.1, -0.05) is 72.3 Å². The molecule has 6 heteroatoms. The highest BCUT2D eigenvalue weighted by atomic mass is 16.5. The largest absolute Gasteiger partial charge is 0.489 e. The van der Waals surface area contributed by atoms with E-state index in [-0.39, 0.29) is 17.2 Å². The minimum atomic E-state index is -0.336. The Morgan fingerprint density at radius 1 is 0.848 bits per heavy atom. The van der Waals surface area contributed by atoms with Crippen molar-refractivity contribution in [1.82, 2.24) is 15.1 Å². The molecule has 0 unspecified atom stereocenters. The van der Waals surface area contributed by atoms with Crippen LogP contribution in [0.3, 0.4) is 0 Å². The molecule has 0 aliphatic rings. The van der Waals surface area contributed by atoms with Crippen LogP contribution >= 0.6 is 0 Å². The Bertz CT molecular complexity index is 1260. The SMILES string of the molecule is Cc1ccc(Cn2nc(C(=O)NCc3ccc(OCc4ccccc4)cc3)ccc2=O)cc1. The smallest absolute Gasteiger partial charge is 0.271 e. The zero-order valence-electron chi connectivity index (χ0n) is 18.4. The summed E-state index contributed by atoms with van der Waals surface area (Å²) in [5.74, 6) is 0.427. The number of amides is 1. The van der Waals surface area contributed by atoms with Crippen LogP contribution < -0.4 is 15.6 Å². The highest BCUT2D eigenvalue weighted by Gasteiger charge is 2.10. The molecule has 0 spiro atoms. The molecule has 4 aromatic rings. The Balaban J connectivity index is 1.33. The average Bonchev–Trinajstić information content (AvgIpc) is 2.85. The summed E-state index contributed by atoms with van der Waals surface area (Å²) in [6.45, 7) is 3.16. The minimum Gasteiger partial charge on any atom is -0.489 e. The predicted molar refractivity (Wildman–Crippen MR) is 127 cm³/mol. The van der Waals surface area contributed by atoms with Crippen molar-refractivity contribution >= 4 is 5.91 Å².